The zero-order valence-electron chi connectivity index (χ0n) is 15.6. The third kappa shape index (κ3) is 10.6. The number of alkyl halides is 1. The predicted octanol–water partition coefficient (Wildman–Crippen LogP) is 4.64. The topological polar surface area (TPSA) is 55.8 Å². The van der Waals surface area contributed by atoms with Crippen LogP contribution in [-0.4, -0.2) is 35.9 Å². The fraction of sp³-hybridized carbons (Fsp3) is 0.600. The Labute approximate surface area is 165 Å². The minimum Gasteiger partial charge on any atom is -0.469 e. The van der Waals surface area contributed by atoms with Crippen molar-refractivity contribution in [3.8, 4) is 0 Å². The van der Waals surface area contributed by atoms with Gasteiger partial charge in [0.05, 0.1) is 20.1 Å². The third-order valence-corrected chi connectivity index (χ3v) is 4.59. The van der Waals surface area contributed by atoms with Crippen LogP contribution < -0.4 is 0 Å². The van der Waals surface area contributed by atoms with E-state index < -0.39 is 0 Å². The lowest BCUT2D eigenvalue weighted by atomic mass is 10.1. The summed E-state index contributed by atoms with van der Waals surface area (Å²) in [5.74, 6) is -0.428. The molecule has 0 bridgehead atoms. The van der Waals surface area contributed by atoms with Crippen molar-refractivity contribution in [1.29, 1.82) is 0 Å². The van der Waals surface area contributed by atoms with E-state index in [0.717, 1.165) is 30.2 Å². The maximum Gasteiger partial charge on any atom is 0.307 e. The predicted molar refractivity (Wildman–Crippen MR) is 106 cm³/mol. The van der Waals surface area contributed by atoms with Crippen molar-refractivity contribution >= 4 is 27.8 Å². The molecule has 1 aromatic carbocycles. The molecule has 0 aliphatic carbocycles. The van der Waals surface area contributed by atoms with Crippen LogP contribution in [0.5, 0.6) is 0 Å². The quantitative estimate of drug-likeness (QED) is 0.188. The summed E-state index contributed by atoms with van der Waals surface area (Å²) in [6.07, 6.45) is 7.23. The number of benzene rings is 1. The molecule has 1 aromatic rings. The maximum absolute atomic E-state index is 12.4. The van der Waals surface area contributed by atoms with Crippen molar-refractivity contribution in [2.45, 2.75) is 58.0 Å². The van der Waals surface area contributed by atoms with Gasteiger partial charge in [0.25, 0.3) is 0 Å². The highest BCUT2D eigenvalue weighted by atomic mass is 79.9. The molecule has 0 aliphatic heterocycles. The van der Waals surface area contributed by atoms with E-state index in [1.165, 1.54) is 31.4 Å². The van der Waals surface area contributed by atoms with E-state index in [2.05, 4.69) is 20.7 Å². The summed E-state index contributed by atoms with van der Waals surface area (Å²) in [5.41, 5.74) is 0.982. The van der Waals surface area contributed by atoms with Crippen LogP contribution in [0.2, 0.25) is 0 Å². The number of carbonyl (C=O) groups is 2. The molecule has 0 aliphatic rings. The third-order valence-electron chi connectivity index (χ3n) is 4.03. The zero-order valence-corrected chi connectivity index (χ0v) is 17.2. The number of methoxy groups -OCH3 is 1. The van der Waals surface area contributed by atoms with Crippen molar-refractivity contribution in [2.75, 3.05) is 19.0 Å². The van der Waals surface area contributed by atoms with Crippen LogP contribution >= 0.6 is 15.9 Å². The molecule has 0 spiro atoms. The van der Waals surface area contributed by atoms with E-state index >= 15 is 0 Å². The first-order valence-corrected chi connectivity index (χ1v) is 10.4. The molecular weight excluding hydrogens is 398 g/mol. The average Bonchev–Trinajstić information content (AvgIpc) is 2.67. The molecule has 0 unspecified atom stereocenters. The largest absolute Gasteiger partial charge is 0.469 e. The van der Waals surface area contributed by atoms with Crippen molar-refractivity contribution in [1.82, 2.24) is 5.06 Å². The zero-order chi connectivity index (χ0) is 19.0. The van der Waals surface area contributed by atoms with Gasteiger partial charge in [-0.2, -0.15) is 0 Å². The first-order chi connectivity index (χ1) is 12.7. The van der Waals surface area contributed by atoms with Gasteiger partial charge in [-0.25, -0.2) is 5.06 Å². The summed E-state index contributed by atoms with van der Waals surface area (Å²) in [7, 11) is 1.34. The Bertz CT molecular complexity index is 510. The molecule has 146 valence electrons. The van der Waals surface area contributed by atoms with Crippen LogP contribution in [0.25, 0.3) is 0 Å². The van der Waals surface area contributed by atoms with E-state index in [4.69, 9.17) is 4.84 Å². The monoisotopic (exact) mass is 427 g/mol. The summed E-state index contributed by atoms with van der Waals surface area (Å²) < 4.78 is 4.65. The molecule has 0 fully saturated rings. The van der Waals surface area contributed by atoms with E-state index in [9.17, 15) is 9.59 Å². The van der Waals surface area contributed by atoms with Gasteiger partial charge in [-0.3, -0.25) is 14.4 Å². The fourth-order valence-electron chi connectivity index (χ4n) is 2.49. The van der Waals surface area contributed by atoms with E-state index in [-0.39, 0.29) is 24.8 Å². The summed E-state index contributed by atoms with van der Waals surface area (Å²) in [5, 5.41) is 2.37. The maximum atomic E-state index is 12.4. The molecule has 0 saturated heterocycles. The Hall–Kier alpha value is -1.40. The average molecular weight is 428 g/mol. The van der Waals surface area contributed by atoms with Crippen LogP contribution in [-0.2, 0) is 25.8 Å². The Morgan fingerprint density at radius 1 is 0.962 bits per heavy atom. The number of esters is 1. The first-order valence-electron chi connectivity index (χ1n) is 9.27. The van der Waals surface area contributed by atoms with Crippen LogP contribution in [0.3, 0.4) is 0 Å². The minimum atomic E-state index is -0.349. The highest BCUT2D eigenvalue weighted by Crippen LogP contribution is 2.11. The number of nitrogens with zero attached hydrogens (tertiary/aromatic N) is 1. The van der Waals surface area contributed by atoms with Crippen molar-refractivity contribution in [3.63, 3.8) is 0 Å². The lowest BCUT2D eigenvalue weighted by molar-refractivity contribution is -0.193. The van der Waals surface area contributed by atoms with Crippen molar-refractivity contribution in [2.24, 2.45) is 0 Å². The molecule has 0 heterocycles. The molecule has 0 radical (unpaired) electrons. The van der Waals surface area contributed by atoms with Gasteiger partial charge in [-0.05, 0) is 18.4 Å². The number of carbonyl (C=O) groups excluding carboxylic acids is 2. The van der Waals surface area contributed by atoms with Gasteiger partial charge >= 0.3 is 5.97 Å². The molecule has 0 atom stereocenters. The van der Waals surface area contributed by atoms with Crippen LogP contribution in [0.1, 0.15) is 56.9 Å². The molecule has 1 amide bonds. The highest BCUT2D eigenvalue weighted by molar-refractivity contribution is 9.09. The normalized spacial score (nSPS) is 10.5. The Kier molecular flexibility index (Phi) is 12.8. The van der Waals surface area contributed by atoms with Crippen molar-refractivity contribution in [3.05, 3.63) is 35.9 Å². The fourth-order valence-corrected chi connectivity index (χ4v) is 2.88. The first kappa shape index (κ1) is 22.6. The second kappa shape index (κ2) is 14.7. The second-order valence-electron chi connectivity index (χ2n) is 6.14. The van der Waals surface area contributed by atoms with Gasteiger partial charge in [0, 0.05) is 11.8 Å². The Morgan fingerprint density at radius 2 is 1.62 bits per heavy atom. The lowest BCUT2D eigenvalue weighted by Crippen LogP contribution is -2.33. The summed E-state index contributed by atoms with van der Waals surface area (Å²) in [6.45, 7) is 0.518. The number of amides is 1. The number of hydrogen-bond donors (Lipinski definition) is 0. The number of unbranched alkanes of at least 4 members (excludes halogenated alkanes) is 5. The highest BCUT2D eigenvalue weighted by Gasteiger charge is 2.16. The molecule has 6 heteroatoms. The number of halogens is 1. The van der Waals surface area contributed by atoms with Crippen LogP contribution in [0.15, 0.2) is 30.3 Å². The molecule has 0 N–H and O–H groups in total. The van der Waals surface area contributed by atoms with Gasteiger partial charge in [-0.1, -0.05) is 71.9 Å². The van der Waals surface area contributed by atoms with Gasteiger partial charge in [0.2, 0.25) is 5.91 Å². The van der Waals surface area contributed by atoms with Gasteiger partial charge in [-0.15, -0.1) is 0 Å². The lowest BCUT2D eigenvalue weighted by Gasteiger charge is -2.21. The molecule has 26 heavy (non-hydrogen) atoms. The van der Waals surface area contributed by atoms with E-state index in [0.29, 0.717) is 13.0 Å². The molecule has 0 saturated carbocycles. The minimum absolute atomic E-state index is 0.0784. The van der Waals surface area contributed by atoms with Gasteiger partial charge in [0.15, 0.2) is 0 Å². The van der Waals surface area contributed by atoms with Gasteiger partial charge in [0.1, 0.15) is 6.61 Å². The summed E-state index contributed by atoms with van der Waals surface area (Å²) in [4.78, 5) is 29.5. The molecule has 0 aromatic heterocycles. The number of hydroxylamine groups is 2. The van der Waals surface area contributed by atoms with Crippen LogP contribution in [0.4, 0.5) is 0 Å². The second-order valence-corrected chi connectivity index (χ2v) is 6.93. The number of hydrogen-bond acceptors (Lipinski definition) is 4. The van der Waals surface area contributed by atoms with Gasteiger partial charge < -0.3 is 4.74 Å². The van der Waals surface area contributed by atoms with E-state index in [1.54, 1.807) is 0 Å². The van der Waals surface area contributed by atoms with Crippen LogP contribution in [0, 0.1) is 0 Å². The molecular formula is C20H30BrNO4. The SMILES string of the molecule is COC(=O)CCN(OCc1ccccc1)C(=O)CCCCCCCCBr. The number of ether oxygens (including phenoxy) is 1. The summed E-state index contributed by atoms with van der Waals surface area (Å²) in [6, 6.07) is 9.66. The Morgan fingerprint density at radius 3 is 2.27 bits per heavy atom. The Balaban J connectivity index is 2.38. The molecule has 1 rings (SSSR count). The molecule has 5 nitrogen and oxygen atoms in total. The summed E-state index contributed by atoms with van der Waals surface area (Å²) >= 11 is 3.43. The standard InChI is InChI=1S/C20H30BrNO4/c1-25-20(24)14-16-22(26-17-18-11-7-6-8-12-18)19(23)13-9-4-2-3-5-10-15-21/h6-8,11-12H,2-5,9-10,13-17H2,1H3. The van der Waals surface area contributed by atoms with Crippen molar-refractivity contribution < 1.29 is 19.2 Å². The number of rotatable bonds is 14. The van der Waals surface area contributed by atoms with E-state index in [1.807, 2.05) is 30.3 Å². The smallest absolute Gasteiger partial charge is 0.307 e.